The molecule has 29 heavy (non-hydrogen) atoms. The summed E-state index contributed by atoms with van der Waals surface area (Å²) in [6.45, 7) is 4.74. The van der Waals surface area contributed by atoms with Gasteiger partial charge in [-0.25, -0.2) is 4.79 Å². The fourth-order valence-corrected chi connectivity index (χ4v) is 8.38. The summed E-state index contributed by atoms with van der Waals surface area (Å²) in [6, 6.07) is 3.50. The first-order chi connectivity index (χ1) is 13.6. The molecule has 0 saturated heterocycles. The van der Waals surface area contributed by atoms with Crippen LogP contribution in [0.5, 0.6) is 0 Å². The van der Waals surface area contributed by atoms with E-state index in [9.17, 15) is 20.1 Å². The van der Waals surface area contributed by atoms with Gasteiger partial charge in [0.1, 0.15) is 6.10 Å². The zero-order valence-corrected chi connectivity index (χ0v) is 17.5. The third-order valence-electron chi connectivity index (χ3n) is 9.90. The Kier molecular flexibility index (Phi) is 4.37. The SMILES string of the molecule is C[C@]12CC[C@H]3[C@@H](CCC4CC(O)(O)C(O)C[C@@]43C)[C@@H]1CC[C@@H]2c1ccc(=O)oc1. The van der Waals surface area contributed by atoms with Crippen molar-refractivity contribution in [1.82, 2.24) is 0 Å². The van der Waals surface area contributed by atoms with Crippen molar-refractivity contribution in [2.75, 3.05) is 0 Å². The standard InChI is InChI=1S/C24H34O5/c1-22-10-9-19-16(5-4-15-11-24(27,28)20(25)12-23(15,19)2)18(22)7-6-17(22)14-3-8-21(26)29-13-14/h3,8,13,15-20,25,27-28H,4-7,9-12H2,1-2H3/t15?,16-,17+,18-,19-,20?,22+,23-/m0/s1. The molecule has 4 aliphatic rings. The predicted octanol–water partition coefficient (Wildman–Crippen LogP) is 3.42. The first kappa shape index (κ1) is 19.8. The molecule has 1 aromatic heterocycles. The summed E-state index contributed by atoms with van der Waals surface area (Å²) in [7, 11) is 0. The largest absolute Gasteiger partial charge is 0.431 e. The molecule has 4 fully saturated rings. The van der Waals surface area contributed by atoms with Crippen LogP contribution in [0.4, 0.5) is 0 Å². The molecule has 160 valence electrons. The van der Waals surface area contributed by atoms with Gasteiger partial charge in [0, 0.05) is 12.5 Å². The highest BCUT2D eigenvalue weighted by Gasteiger charge is 2.62. The van der Waals surface area contributed by atoms with Gasteiger partial charge in [-0.15, -0.1) is 0 Å². The summed E-state index contributed by atoms with van der Waals surface area (Å²) in [5.41, 5.74) is 1.07. The van der Waals surface area contributed by atoms with Gasteiger partial charge in [-0.1, -0.05) is 13.8 Å². The summed E-state index contributed by atoms with van der Waals surface area (Å²) in [5, 5.41) is 30.9. The molecule has 8 atom stereocenters. The molecule has 5 rings (SSSR count). The van der Waals surface area contributed by atoms with E-state index in [1.807, 2.05) is 6.07 Å². The molecule has 3 N–H and O–H groups in total. The van der Waals surface area contributed by atoms with Crippen LogP contribution in [-0.2, 0) is 0 Å². The molecule has 0 bridgehead atoms. The van der Waals surface area contributed by atoms with Crippen molar-refractivity contribution in [2.24, 2.45) is 34.5 Å². The minimum atomic E-state index is -1.93. The fourth-order valence-electron chi connectivity index (χ4n) is 8.38. The number of aliphatic hydroxyl groups excluding tert-OH is 1. The van der Waals surface area contributed by atoms with Crippen LogP contribution in [0, 0.1) is 34.5 Å². The van der Waals surface area contributed by atoms with Crippen LogP contribution in [0.25, 0.3) is 0 Å². The average Bonchev–Trinajstić information content (AvgIpc) is 3.01. The Morgan fingerprint density at radius 3 is 2.45 bits per heavy atom. The molecule has 1 aromatic rings. The van der Waals surface area contributed by atoms with Crippen molar-refractivity contribution >= 4 is 0 Å². The van der Waals surface area contributed by atoms with Crippen molar-refractivity contribution in [1.29, 1.82) is 0 Å². The lowest BCUT2D eigenvalue weighted by molar-refractivity contribution is -0.284. The van der Waals surface area contributed by atoms with E-state index in [1.54, 1.807) is 12.3 Å². The minimum absolute atomic E-state index is 0.0176. The highest BCUT2D eigenvalue weighted by atomic mass is 16.5. The lowest BCUT2D eigenvalue weighted by Crippen LogP contribution is -2.60. The van der Waals surface area contributed by atoms with Gasteiger partial charge < -0.3 is 19.7 Å². The second-order valence-electron chi connectivity index (χ2n) is 11.0. The van der Waals surface area contributed by atoms with Crippen molar-refractivity contribution < 1.29 is 19.7 Å². The maximum Gasteiger partial charge on any atom is 0.335 e. The Balaban J connectivity index is 1.43. The summed E-state index contributed by atoms with van der Waals surface area (Å²) in [6.07, 6.45) is 8.18. The molecule has 4 aliphatic carbocycles. The molecule has 0 aliphatic heterocycles. The Labute approximate surface area is 172 Å². The normalized spacial score (nSPS) is 48.4. The van der Waals surface area contributed by atoms with E-state index < -0.39 is 11.9 Å². The van der Waals surface area contributed by atoms with Gasteiger partial charge in [0.05, 0.1) is 6.26 Å². The fraction of sp³-hybridized carbons (Fsp3) is 0.792. The Morgan fingerprint density at radius 1 is 0.966 bits per heavy atom. The maximum atomic E-state index is 11.4. The van der Waals surface area contributed by atoms with Gasteiger partial charge in [-0.3, -0.25) is 0 Å². The van der Waals surface area contributed by atoms with E-state index >= 15 is 0 Å². The molecule has 5 heteroatoms. The molecule has 0 radical (unpaired) electrons. The Hall–Kier alpha value is -1.17. The first-order valence-corrected chi connectivity index (χ1v) is 11.4. The van der Waals surface area contributed by atoms with Crippen LogP contribution in [0.2, 0.25) is 0 Å². The lowest BCUT2D eigenvalue weighted by atomic mass is 9.44. The van der Waals surface area contributed by atoms with Crippen LogP contribution >= 0.6 is 0 Å². The second-order valence-corrected chi connectivity index (χ2v) is 11.0. The number of rotatable bonds is 1. The summed E-state index contributed by atoms with van der Waals surface area (Å²) in [5.74, 6) is 0.582. The molecular weight excluding hydrogens is 368 g/mol. The summed E-state index contributed by atoms with van der Waals surface area (Å²) in [4.78, 5) is 11.4. The van der Waals surface area contributed by atoms with E-state index in [-0.39, 0.29) is 22.4 Å². The van der Waals surface area contributed by atoms with Crippen LogP contribution in [0.15, 0.2) is 27.6 Å². The van der Waals surface area contributed by atoms with Crippen LogP contribution < -0.4 is 5.63 Å². The Morgan fingerprint density at radius 2 is 1.72 bits per heavy atom. The Bertz CT molecular complexity index is 825. The molecule has 4 saturated carbocycles. The van der Waals surface area contributed by atoms with Gasteiger partial charge in [-0.2, -0.15) is 0 Å². The smallest absolute Gasteiger partial charge is 0.335 e. The first-order valence-electron chi connectivity index (χ1n) is 11.4. The van der Waals surface area contributed by atoms with Gasteiger partial charge in [0.2, 0.25) is 0 Å². The highest BCUT2D eigenvalue weighted by Crippen LogP contribution is 2.69. The molecular formula is C24H34O5. The zero-order chi connectivity index (χ0) is 20.6. The van der Waals surface area contributed by atoms with Crippen LogP contribution in [0.1, 0.15) is 76.7 Å². The summed E-state index contributed by atoms with van der Waals surface area (Å²) >= 11 is 0. The third-order valence-corrected chi connectivity index (χ3v) is 9.90. The monoisotopic (exact) mass is 402 g/mol. The average molecular weight is 403 g/mol. The van der Waals surface area contributed by atoms with Gasteiger partial charge in [-0.05, 0) is 97.0 Å². The number of fused-ring (bicyclic) bond motifs is 5. The van der Waals surface area contributed by atoms with E-state index in [0.717, 1.165) is 37.7 Å². The third kappa shape index (κ3) is 2.80. The van der Waals surface area contributed by atoms with Gasteiger partial charge in [0.15, 0.2) is 5.79 Å². The topological polar surface area (TPSA) is 90.9 Å². The van der Waals surface area contributed by atoms with E-state index in [1.165, 1.54) is 6.42 Å². The second kappa shape index (κ2) is 6.41. The van der Waals surface area contributed by atoms with Crippen molar-refractivity contribution in [3.05, 3.63) is 34.4 Å². The number of hydrogen-bond acceptors (Lipinski definition) is 5. The highest BCUT2D eigenvalue weighted by molar-refractivity contribution is 5.22. The lowest BCUT2D eigenvalue weighted by Gasteiger charge is -2.62. The van der Waals surface area contributed by atoms with E-state index in [0.29, 0.717) is 36.5 Å². The van der Waals surface area contributed by atoms with Gasteiger partial charge >= 0.3 is 5.63 Å². The molecule has 0 spiro atoms. The maximum absolute atomic E-state index is 11.4. The van der Waals surface area contributed by atoms with Crippen LogP contribution in [-0.4, -0.2) is 27.2 Å². The van der Waals surface area contributed by atoms with E-state index in [4.69, 9.17) is 4.42 Å². The summed E-state index contributed by atoms with van der Waals surface area (Å²) < 4.78 is 5.19. The van der Waals surface area contributed by atoms with Crippen molar-refractivity contribution in [2.45, 2.75) is 83.0 Å². The molecule has 0 amide bonds. The van der Waals surface area contributed by atoms with Crippen molar-refractivity contribution in [3.63, 3.8) is 0 Å². The van der Waals surface area contributed by atoms with Crippen LogP contribution in [0.3, 0.4) is 0 Å². The molecule has 0 aromatic carbocycles. The predicted molar refractivity (Wildman–Crippen MR) is 108 cm³/mol. The zero-order valence-electron chi connectivity index (χ0n) is 17.5. The quantitative estimate of drug-likeness (QED) is 0.626. The molecule has 5 nitrogen and oxygen atoms in total. The molecule has 1 heterocycles. The number of aliphatic hydroxyl groups is 3. The molecule has 2 unspecified atom stereocenters. The number of hydrogen-bond donors (Lipinski definition) is 3. The van der Waals surface area contributed by atoms with Crippen molar-refractivity contribution in [3.8, 4) is 0 Å². The van der Waals surface area contributed by atoms with Gasteiger partial charge in [0.25, 0.3) is 0 Å². The van der Waals surface area contributed by atoms with E-state index in [2.05, 4.69) is 13.8 Å². The minimum Gasteiger partial charge on any atom is -0.431 e.